The summed E-state index contributed by atoms with van der Waals surface area (Å²) in [7, 11) is 0. The molecule has 0 fully saturated rings. The quantitative estimate of drug-likeness (QED) is 0.368. The Labute approximate surface area is 57.3 Å². The summed E-state index contributed by atoms with van der Waals surface area (Å²) in [5.74, 6) is 5.76. The van der Waals surface area contributed by atoms with E-state index in [9.17, 15) is 0 Å². The molecule has 0 aromatic heterocycles. The lowest BCUT2D eigenvalue weighted by molar-refractivity contribution is 1.56. The maximum atomic E-state index is 2.94. The van der Waals surface area contributed by atoms with Crippen molar-refractivity contribution in [2.45, 2.75) is 20.8 Å². The zero-order valence-corrected chi connectivity index (χ0v) is 6.23. The summed E-state index contributed by atoms with van der Waals surface area (Å²) in [5.41, 5.74) is 1.11. The van der Waals surface area contributed by atoms with E-state index in [4.69, 9.17) is 0 Å². The predicted octanol–water partition coefficient (Wildman–Crippen LogP) is 2.53. The van der Waals surface area contributed by atoms with E-state index in [0.29, 0.717) is 0 Å². The molecule has 0 saturated carbocycles. The van der Waals surface area contributed by atoms with Gasteiger partial charge in [0.25, 0.3) is 0 Å². The third-order valence-corrected chi connectivity index (χ3v) is 0.861. The average molecular weight is 120 g/mol. The van der Waals surface area contributed by atoms with E-state index < -0.39 is 0 Å². The molecule has 0 atom stereocenters. The first kappa shape index (κ1) is 8.04. The van der Waals surface area contributed by atoms with Gasteiger partial charge < -0.3 is 0 Å². The van der Waals surface area contributed by atoms with Crippen LogP contribution in [0.15, 0.2) is 23.8 Å². The Morgan fingerprint density at radius 2 is 2.11 bits per heavy atom. The fraction of sp³-hybridized carbons (Fsp3) is 0.333. The van der Waals surface area contributed by atoms with Crippen molar-refractivity contribution in [2.24, 2.45) is 0 Å². The highest BCUT2D eigenvalue weighted by Crippen LogP contribution is 1.88. The second-order valence-corrected chi connectivity index (χ2v) is 1.75. The molecule has 0 aliphatic carbocycles. The van der Waals surface area contributed by atoms with E-state index in [1.807, 2.05) is 39.0 Å². The van der Waals surface area contributed by atoms with E-state index in [1.54, 1.807) is 0 Å². The van der Waals surface area contributed by atoms with Crippen LogP contribution in [0, 0.1) is 11.8 Å². The van der Waals surface area contributed by atoms with Gasteiger partial charge in [0, 0.05) is 0 Å². The maximum Gasteiger partial charge on any atom is -0.00110 e. The lowest BCUT2D eigenvalue weighted by Gasteiger charge is -1.79. The van der Waals surface area contributed by atoms with Crippen LogP contribution in [-0.2, 0) is 0 Å². The summed E-state index contributed by atoms with van der Waals surface area (Å²) in [4.78, 5) is 0. The Balaban J connectivity index is 3.94. The summed E-state index contributed by atoms with van der Waals surface area (Å²) >= 11 is 0. The van der Waals surface area contributed by atoms with Crippen LogP contribution in [0.4, 0.5) is 0 Å². The fourth-order valence-electron chi connectivity index (χ4n) is 0.479. The number of allylic oxidation sites excluding steroid dienone is 4. The molecule has 0 unspecified atom stereocenters. The van der Waals surface area contributed by atoms with Crippen LogP contribution in [0.3, 0.4) is 0 Å². The monoisotopic (exact) mass is 120 g/mol. The van der Waals surface area contributed by atoms with Gasteiger partial charge in [-0.1, -0.05) is 24.1 Å². The first-order valence-electron chi connectivity index (χ1n) is 3.03. The molecule has 0 saturated heterocycles. The SMILES string of the molecule is CC#C/C(C)=C/C=C\C. The van der Waals surface area contributed by atoms with Gasteiger partial charge in [-0.25, -0.2) is 0 Å². The minimum Gasteiger partial charge on any atom is -0.102 e. The Bertz CT molecular complexity index is 172. The molecule has 0 aliphatic rings. The molecular weight excluding hydrogens is 108 g/mol. The highest BCUT2D eigenvalue weighted by molar-refractivity contribution is 5.28. The van der Waals surface area contributed by atoms with Crippen molar-refractivity contribution in [1.82, 2.24) is 0 Å². The molecule has 0 bridgehead atoms. The number of hydrogen-bond donors (Lipinski definition) is 0. The van der Waals surface area contributed by atoms with Crippen molar-refractivity contribution in [3.05, 3.63) is 23.8 Å². The van der Waals surface area contributed by atoms with Gasteiger partial charge in [-0.2, -0.15) is 0 Å². The molecule has 0 nitrogen and oxygen atoms in total. The summed E-state index contributed by atoms with van der Waals surface area (Å²) in [6.45, 7) is 5.83. The van der Waals surface area contributed by atoms with Crippen LogP contribution in [0.5, 0.6) is 0 Å². The van der Waals surface area contributed by atoms with Crippen LogP contribution < -0.4 is 0 Å². The first-order chi connectivity index (χ1) is 4.31. The zero-order chi connectivity index (χ0) is 7.11. The summed E-state index contributed by atoms with van der Waals surface area (Å²) < 4.78 is 0. The van der Waals surface area contributed by atoms with Gasteiger partial charge in [-0.15, -0.1) is 5.92 Å². The lowest BCUT2D eigenvalue weighted by Crippen LogP contribution is -1.63. The Hall–Kier alpha value is -0.960. The van der Waals surface area contributed by atoms with Gasteiger partial charge in [0.05, 0.1) is 0 Å². The van der Waals surface area contributed by atoms with E-state index in [-0.39, 0.29) is 0 Å². The van der Waals surface area contributed by atoms with Gasteiger partial charge in [0.1, 0.15) is 0 Å². The molecule has 0 aromatic rings. The molecule has 0 N–H and O–H groups in total. The van der Waals surface area contributed by atoms with Crippen molar-refractivity contribution >= 4 is 0 Å². The molecular formula is C9H12. The molecule has 0 amide bonds. The van der Waals surface area contributed by atoms with Crippen LogP contribution >= 0.6 is 0 Å². The standard InChI is InChI=1S/C9H12/c1-4-6-8-9(3)7-5-2/h4,6,8H,1-3H3/b6-4-,9-8+. The topological polar surface area (TPSA) is 0 Å². The highest BCUT2D eigenvalue weighted by Gasteiger charge is 1.72. The lowest BCUT2D eigenvalue weighted by atomic mass is 10.3. The van der Waals surface area contributed by atoms with Gasteiger partial charge in [0.15, 0.2) is 0 Å². The van der Waals surface area contributed by atoms with Crippen molar-refractivity contribution in [3.8, 4) is 11.8 Å². The minimum absolute atomic E-state index is 1.11. The summed E-state index contributed by atoms with van der Waals surface area (Å²) in [6.07, 6.45) is 5.97. The normalized spacial score (nSPS) is 11.2. The van der Waals surface area contributed by atoms with Crippen molar-refractivity contribution in [2.75, 3.05) is 0 Å². The van der Waals surface area contributed by atoms with Crippen LogP contribution in [0.1, 0.15) is 20.8 Å². The van der Waals surface area contributed by atoms with Gasteiger partial charge >= 0.3 is 0 Å². The second kappa shape index (κ2) is 5.18. The van der Waals surface area contributed by atoms with Gasteiger partial charge in [0.2, 0.25) is 0 Å². The second-order valence-electron chi connectivity index (χ2n) is 1.75. The predicted molar refractivity (Wildman–Crippen MR) is 42.0 cm³/mol. The third-order valence-electron chi connectivity index (χ3n) is 0.861. The molecule has 0 spiro atoms. The molecule has 0 heterocycles. The van der Waals surface area contributed by atoms with E-state index in [1.165, 1.54) is 0 Å². The van der Waals surface area contributed by atoms with E-state index >= 15 is 0 Å². The maximum absolute atomic E-state index is 2.94. The smallest absolute Gasteiger partial charge is 0.00110 e. The zero-order valence-electron chi connectivity index (χ0n) is 6.23. The van der Waals surface area contributed by atoms with Gasteiger partial charge in [-0.05, 0) is 26.3 Å². The van der Waals surface area contributed by atoms with Gasteiger partial charge in [-0.3, -0.25) is 0 Å². The third kappa shape index (κ3) is 4.90. The minimum atomic E-state index is 1.11. The molecule has 48 valence electrons. The molecule has 9 heavy (non-hydrogen) atoms. The highest BCUT2D eigenvalue weighted by atomic mass is 13.8. The van der Waals surface area contributed by atoms with Crippen LogP contribution in [-0.4, -0.2) is 0 Å². The first-order valence-corrected chi connectivity index (χ1v) is 3.03. The fourth-order valence-corrected chi connectivity index (χ4v) is 0.479. The molecule has 0 aliphatic heterocycles. The number of rotatable bonds is 1. The summed E-state index contributed by atoms with van der Waals surface area (Å²) in [5, 5.41) is 0. The number of hydrogen-bond acceptors (Lipinski definition) is 0. The summed E-state index contributed by atoms with van der Waals surface area (Å²) in [6, 6.07) is 0. The molecule has 0 heteroatoms. The Kier molecular flexibility index (Phi) is 4.63. The Morgan fingerprint density at radius 1 is 1.44 bits per heavy atom. The molecule has 0 aromatic carbocycles. The van der Waals surface area contributed by atoms with Crippen LogP contribution in [0.2, 0.25) is 0 Å². The van der Waals surface area contributed by atoms with E-state index in [2.05, 4.69) is 11.8 Å². The van der Waals surface area contributed by atoms with E-state index in [0.717, 1.165) is 5.57 Å². The largest absolute Gasteiger partial charge is 0.102 e. The average Bonchev–Trinajstić information content (AvgIpc) is 1.85. The van der Waals surface area contributed by atoms with Crippen LogP contribution in [0.25, 0.3) is 0 Å². The Morgan fingerprint density at radius 3 is 2.56 bits per heavy atom. The van der Waals surface area contributed by atoms with Crippen molar-refractivity contribution in [3.63, 3.8) is 0 Å². The molecule has 0 radical (unpaired) electrons. The van der Waals surface area contributed by atoms with Crippen molar-refractivity contribution < 1.29 is 0 Å². The van der Waals surface area contributed by atoms with Crippen molar-refractivity contribution in [1.29, 1.82) is 0 Å². The molecule has 0 rings (SSSR count).